The Morgan fingerprint density at radius 3 is 2.56 bits per heavy atom. The molecule has 3 atom stereocenters. The van der Waals surface area contributed by atoms with Crippen molar-refractivity contribution in [2.75, 3.05) is 19.7 Å². The second-order valence-electron chi connectivity index (χ2n) is 8.02. The van der Waals surface area contributed by atoms with Crippen LogP contribution in [0, 0.1) is 5.41 Å². The number of hydrogen-bond acceptors (Lipinski definition) is 4. The van der Waals surface area contributed by atoms with E-state index in [0.29, 0.717) is 13.0 Å². The number of amides is 1. The van der Waals surface area contributed by atoms with Crippen molar-refractivity contribution in [2.45, 2.75) is 57.8 Å². The van der Waals surface area contributed by atoms with E-state index in [1.165, 1.54) is 5.56 Å². The molecule has 2 fully saturated rings. The molecule has 1 saturated carbocycles. The first-order chi connectivity index (χ1) is 11.9. The Balaban J connectivity index is 0.00000182. The summed E-state index contributed by atoms with van der Waals surface area (Å²) in [5.41, 5.74) is 6.61. The molecule has 1 aliphatic heterocycles. The van der Waals surface area contributed by atoms with E-state index >= 15 is 0 Å². The third-order valence-electron chi connectivity index (χ3n) is 6.09. The van der Waals surface area contributed by atoms with E-state index in [2.05, 4.69) is 34.5 Å². The number of ether oxygens (including phenoxy) is 1. The number of carbonyl (C=O) groups is 1. The normalized spacial score (nSPS) is 29.2. The van der Waals surface area contributed by atoms with Gasteiger partial charge in [-0.05, 0) is 18.9 Å². The molecule has 2 aliphatic rings. The van der Waals surface area contributed by atoms with Crippen LogP contribution >= 0.6 is 24.8 Å². The van der Waals surface area contributed by atoms with Gasteiger partial charge in [-0.3, -0.25) is 9.69 Å². The molecule has 0 spiro atoms. The summed E-state index contributed by atoms with van der Waals surface area (Å²) >= 11 is 0. The molecule has 3 unspecified atom stereocenters. The number of carbonyl (C=O) groups excluding carboxylic acids is 1. The molecule has 7 heteroatoms. The summed E-state index contributed by atoms with van der Waals surface area (Å²) in [6, 6.07) is 10.6. The number of nitrogens with one attached hydrogen (secondary N) is 1. The van der Waals surface area contributed by atoms with Gasteiger partial charge in [0.2, 0.25) is 5.91 Å². The van der Waals surface area contributed by atoms with Gasteiger partial charge in [0.25, 0.3) is 0 Å². The highest BCUT2D eigenvalue weighted by atomic mass is 35.5. The number of likely N-dealkylation sites (tertiary alicyclic amines) is 1. The summed E-state index contributed by atoms with van der Waals surface area (Å²) in [5, 5.41) is 3.19. The summed E-state index contributed by atoms with van der Waals surface area (Å²) in [6.45, 7) is 9.52. The van der Waals surface area contributed by atoms with Gasteiger partial charge in [-0.1, -0.05) is 44.2 Å². The number of hydrogen-bond donors (Lipinski definition) is 2. The molecule has 154 valence electrons. The van der Waals surface area contributed by atoms with E-state index in [-0.39, 0.29) is 48.3 Å². The molecule has 27 heavy (non-hydrogen) atoms. The van der Waals surface area contributed by atoms with Crippen LogP contribution in [0.1, 0.15) is 39.2 Å². The maximum atomic E-state index is 12.8. The SMILES string of the molecule is CCOC1CC(N)(C(=O)NC2CCN(Cc3ccccc3)C2)C1(C)C.Cl.Cl. The maximum Gasteiger partial charge on any atom is 0.241 e. The fourth-order valence-corrected chi connectivity index (χ4v) is 4.07. The van der Waals surface area contributed by atoms with Gasteiger partial charge in [0.05, 0.1) is 6.10 Å². The zero-order valence-corrected chi connectivity index (χ0v) is 18.1. The van der Waals surface area contributed by atoms with Gasteiger partial charge in [0.15, 0.2) is 0 Å². The Kier molecular flexibility index (Phi) is 8.57. The number of rotatable bonds is 6. The third-order valence-corrected chi connectivity index (χ3v) is 6.09. The highest BCUT2D eigenvalue weighted by molar-refractivity contribution is 5.89. The van der Waals surface area contributed by atoms with Crippen LogP contribution in [0.4, 0.5) is 0 Å². The van der Waals surface area contributed by atoms with Gasteiger partial charge in [0.1, 0.15) is 5.54 Å². The molecular formula is C20H33Cl2N3O2. The molecule has 1 heterocycles. The molecule has 1 amide bonds. The van der Waals surface area contributed by atoms with Gasteiger partial charge in [-0.15, -0.1) is 24.8 Å². The lowest BCUT2D eigenvalue weighted by atomic mass is 9.54. The molecule has 1 aromatic carbocycles. The Morgan fingerprint density at radius 2 is 1.96 bits per heavy atom. The lowest BCUT2D eigenvalue weighted by Gasteiger charge is -2.57. The average Bonchev–Trinajstić information content (AvgIpc) is 3.02. The second-order valence-corrected chi connectivity index (χ2v) is 8.02. The van der Waals surface area contributed by atoms with Crippen molar-refractivity contribution in [3.8, 4) is 0 Å². The van der Waals surface area contributed by atoms with Crippen molar-refractivity contribution in [3.63, 3.8) is 0 Å². The second kappa shape index (κ2) is 9.57. The van der Waals surface area contributed by atoms with E-state index in [1.54, 1.807) is 0 Å². The van der Waals surface area contributed by atoms with Crippen molar-refractivity contribution in [1.82, 2.24) is 10.2 Å². The minimum atomic E-state index is -0.834. The summed E-state index contributed by atoms with van der Waals surface area (Å²) in [6.07, 6.45) is 1.63. The topological polar surface area (TPSA) is 67.6 Å². The van der Waals surface area contributed by atoms with Crippen LogP contribution in [0.5, 0.6) is 0 Å². The molecule has 3 rings (SSSR count). The third kappa shape index (κ3) is 4.77. The van der Waals surface area contributed by atoms with Crippen LogP contribution < -0.4 is 11.1 Å². The first-order valence-electron chi connectivity index (χ1n) is 9.34. The summed E-state index contributed by atoms with van der Waals surface area (Å²) in [4.78, 5) is 15.2. The Bertz CT molecular complexity index is 615. The minimum absolute atomic E-state index is 0. The Hall–Kier alpha value is -0.850. The first kappa shape index (κ1) is 24.2. The van der Waals surface area contributed by atoms with Crippen molar-refractivity contribution in [1.29, 1.82) is 0 Å². The smallest absolute Gasteiger partial charge is 0.241 e. The number of nitrogens with two attached hydrogens (primary N) is 1. The summed E-state index contributed by atoms with van der Waals surface area (Å²) < 4.78 is 5.72. The predicted molar refractivity (Wildman–Crippen MR) is 113 cm³/mol. The molecule has 0 aromatic heterocycles. The first-order valence-corrected chi connectivity index (χ1v) is 9.34. The molecule has 5 nitrogen and oxygen atoms in total. The largest absolute Gasteiger partial charge is 0.378 e. The van der Waals surface area contributed by atoms with Gasteiger partial charge in [-0.2, -0.15) is 0 Å². The lowest BCUT2D eigenvalue weighted by Crippen LogP contribution is -2.76. The zero-order valence-electron chi connectivity index (χ0n) is 16.4. The number of benzene rings is 1. The molecular weight excluding hydrogens is 385 g/mol. The Labute approximate surface area is 175 Å². The van der Waals surface area contributed by atoms with Gasteiger partial charge in [-0.25, -0.2) is 0 Å². The maximum absolute atomic E-state index is 12.8. The predicted octanol–water partition coefficient (Wildman–Crippen LogP) is 2.75. The van der Waals surface area contributed by atoms with Crippen LogP contribution in [0.2, 0.25) is 0 Å². The van der Waals surface area contributed by atoms with Crippen molar-refractivity contribution < 1.29 is 9.53 Å². The zero-order chi connectivity index (χ0) is 18.1. The van der Waals surface area contributed by atoms with Crippen molar-refractivity contribution >= 4 is 30.7 Å². The van der Waals surface area contributed by atoms with Crippen molar-refractivity contribution in [2.24, 2.45) is 11.1 Å². The molecule has 3 N–H and O–H groups in total. The van der Waals surface area contributed by atoms with Crippen LogP contribution in [-0.2, 0) is 16.1 Å². The van der Waals surface area contributed by atoms with E-state index in [0.717, 1.165) is 26.1 Å². The highest BCUT2D eigenvalue weighted by Gasteiger charge is 2.63. The molecule has 1 saturated heterocycles. The van der Waals surface area contributed by atoms with E-state index in [4.69, 9.17) is 10.5 Å². The van der Waals surface area contributed by atoms with Crippen LogP contribution in [0.15, 0.2) is 30.3 Å². The van der Waals surface area contributed by atoms with Gasteiger partial charge >= 0.3 is 0 Å². The molecule has 0 bridgehead atoms. The van der Waals surface area contributed by atoms with Crippen LogP contribution in [0.25, 0.3) is 0 Å². The lowest BCUT2D eigenvalue weighted by molar-refractivity contribution is -0.171. The summed E-state index contributed by atoms with van der Waals surface area (Å²) in [7, 11) is 0. The van der Waals surface area contributed by atoms with E-state index in [1.807, 2.05) is 26.8 Å². The fraction of sp³-hybridized carbons (Fsp3) is 0.650. The van der Waals surface area contributed by atoms with Gasteiger partial charge < -0.3 is 15.8 Å². The van der Waals surface area contributed by atoms with Gasteiger partial charge in [0, 0.05) is 44.1 Å². The van der Waals surface area contributed by atoms with E-state index < -0.39 is 5.54 Å². The van der Waals surface area contributed by atoms with Crippen LogP contribution in [-0.4, -0.2) is 48.2 Å². The molecule has 1 aromatic rings. The molecule has 1 aliphatic carbocycles. The number of halogens is 2. The standard InChI is InChI=1S/C20H31N3O2.2ClH/c1-4-25-17-12-20(21,19(17,2)3)18(24)22-16-10-11-23(14-16)13-15-8-6-5-7-9-15;;/h5-9,16-17H,4,10-14,21H2,1-3H3,(H,22,24);2*1H. The average molecular weight is 418 g/mol. The Morgan fingerprint density at radius 1 is 1.30 bits per heavy atom. The molecule has 0 radical (unpaired) electrons. The van der Waals surface area contributed by atoms with Crippen LogP contribution in [0.3, 0.4) is 0 Å². The van der Waals surface area contributed by atoms with E-state index in [9.17, 15) is 4.79 Å². The number of nitrogens with zero attached hydrogens (tertiary/aromatic N) is 1. The summed E-state index contributed by atoms with van der Waals surface area (Å²) in [5.74, 6) is -0.0278. The quantitative estimate of drug-likeness (QED) is 0.746. The fourth-order valence-electron chi connectivity index (χ4n) is 4.07. The van der Waals surface area contributed by atoms with Crippen molar-refractivity contribution in [3.05, 3.63) is 35.9 Å². The highest BCUT2D eigenvalue weighted by Crippen LogP contribution is 2.49. The monoisotopic (exact) mass is 417 g/mol. The minimum Gasteiger partial charge on any atom is -0.378 e.